The standard InChI is InChI=1S/C28H28FN3O6/c1-36-22-8-3-6-20(16-22)27(35)32-24(25(33)30-17-23-9-4-14-37-23)18-38-28(32)10-12-31(13-11-28)26(34)19-5-2-7-21(29)15-19/h2-9,14-16,24H,10-13,17-18H2,1H3,(H,30,33). The third-order valence-corrected chi connectivity index (χ3v) is 7.02. The molecule has 1 aromatic heterocycles. The van der Waals surface area contributed by atoms with Crippen molar-refractivity contribution in [1.82, 2.24) is 15.1 Å². The van der Waals surface area contributed by atoms with E-state index in [9.17, 15) is 18.8 Å². The van der Waals surface area contributed by atoms with Crippen LogP contribution in [-0.4, -0.2) is 66.1 Å². The predicted molar refractivity (Wildman–Crippen MR) is 134 cm³/mol. The van der Waals surface area contributed by atoms with E-state index >= 15 is 0 Å². The number of ether oxygens (including phenoxy) is 2. The van der Waals surface area contributed by atoms with E-state index in [0.29, 0.717) is 29.9 Å². The van der Waals surface area contributed by atoms with Crippen LogP contribution in [0, 0.1) is 5.82 Å². The Labute approximate surface area is 219 Å². The van der Waals surface area contributed by atoms with Crippen LogP contribution in [0.15, 0.2) is 71.3 Å². The summed E-state index contributed by atoms with van der Waals surface area (Å²) in [5.74, 6) is -0.420. The Morgan fingerprint density at radius 1 is 1.03 bits per heavy atom. The van der Waals surface area contributed by atoms with Crippen molar-refractivity contribution in [3.05, 3.63) is 89.6 Å². The van der Waals surface area contributed by atoms with Gasteiger partial charge in [-0.25, -0.2) is 4.39 Å². The van der Waals surface area contributed by atoms with Crippen molar-refractivity contribution in [2.75, 3.05) is 26.8 Å². The average Bonchev–Trinajstić information content (AvgIpc) is 3.60. The Morgan fingerprint density at radius 2 is 1.76 bits per heavy atom. The Morgan fingerprint density at radius 3 is 2.45 bits per heavy atom. The SMILES string of the molecule is COc1cccc(C(=O)N2C(C(=O)NCc3ccco3)COC23CCN(C(=O)c2cccc(F)c2)CC3)c1. The van der Waals surface area contributed by atoms with E-state index in [0.717, 1.165) is 0 Å². The normalized spacial score (nSPS) is 18.4. The van der Waals surface area contributed by atoms with Gasteiger partial charge in [-0.1, -0.05) is 12.1 Å². The van der Waals surface area contributed by atoms with Crippen LogP contribution in [0.2, 0.25) is 0 Å². The van der Waals surface area contributed by atoms with E-state index in [1.165, 1.54) is 36.5 Å². The number of methoxy groups -OCH3 is 1. The molecule has 2 aliphatic heterocycles. The molecule has 38 heavy (non-hydrogen) atoms. The summed E-state index contributed by atoms with van der Waals surface area (Å²) in [6.07, 6.45) is 2.12. The third kappa shape index (κ3) is 4.99. The van der Waals surface area contributed by atoms with Crippen molar-refractivity contribution in [1.29, 1.82) is 0 Å². The predicted octanol–water partition coefficient (Wildman–Crippen LogP) is 3.22. The van der Waals surface area contributed by atoms with E-state index in [2.05, 4.69) is 5.32 Å². The highest BCUT2D eigenvalue weighted by molar-refractivity contribution is 5.99. The topological polar surface area (TPSA) is 101 Å². The van der Waals surface area contributed by atoms with E-state index in [1.807, 2.05) is 0 Å². The fourth-order valence-electron chi connectivity index (χ4n) is 5.03. The summed E-state index contributed by atoms with van der Waals surface area (Å²) in [7, 11) is 1.51. The van der Waals surface area contributed by atoms with Crippen molar-refractivity contribution in [2.45, 2.75) is 31.2 Å². The molecular formula is C28H28FN3O6. The highest BCUT2D eigenvalue weighted by Crippen LogP contribution is 2.39. The number of hydrogen-bond donors (Lipinski definition) is 1. The fourth-order valence-corrected chi connectivity index (χ4v) is 5.03. The molecule has 0 saturated carbocycles. The highest BCUT2D eigenvalue weighted by atomic mass is 19.1. The number of amides is 3. The highest BCUT2D eigenvalue weighted by Gasteiger charge is 2.54. The zero-order valence-corrected chi connectivity index (χ0v) is 20.9. The molecule has 198 valence electrons. The number of hydrogen-bond acceptors (Lipinski definition) is 6. The van der Waals surface area contributed by atoms with Crippen molar-refractivity contribution in [3.63, 3.8) is 0 Å². The molecule has 2 saturated heterocycles. The minimum atomic E-state index is -1.08. The molecule has 1 atom stereocenters. The van der Waals surface area contributed by atoms with Crippen LogP contribution in [-0.2, 0) is 16.1 Å². The number of nitrogens with zero attached hydrogens (tertiary/aromatic N) is 2. The first kappa shape index (κ1) is 25.5. The van der Waals surface area contributed by atoms with Crippen LogP contribution in [0.5, 0.6) is 5.75 Å². The second-order valence-electron chi connectivity index (χ2n) is 9.28. The lowest BCUT2D eigenvalue weighted by Crippen LogP contribution is -2.59. The van der Waals surface area contributed by atoms with E-state index in [4.69, 9.17) is 13.9 Å². The quantitative estimate of drug-likeness (QED) is 0.535. The zero-order valence-electron chi connectivity index (χ0n) is 20.9. The lowest BCUT2D eigenvalue weighted by molar-refractivity contribution is -0.128. The van der Waals surface area contributed by atoms with Gasteiger partial charge in [-0.05, 0) is 48.5 Å². The number of carbonyl (C=O) groups is 3. The minimum absolute atomic E-state index is 0.0114. The summed E-state index contributed by atoms with van der Waals surface area (Å²) in [5.41, 5.74) is -0.463. The molecule has 3 heterocycles. The number of halogens is 1. The molecular weight excluding hydrogens is 493 g/mol. The third-order valence-electron chi connectivity index (χ3n) is 7.02. The molecule has 1 spiro atoms. The lowest BCUT2D eigenvalue weighted by Gasteiger charge is -2.44. The van der Waals surface area contributed by atoms with E-state index < -0.39 is 17.6 Å². The van der Waals surface area contributed by atoms with Crippen molar-refractivity contribution < 1.29 is 32.7 Å². The molecule has 2 aliphatic rings. The second kappa shape index (κ2) is 10.7. The van der Waals surface area contributed by atoms with Gasteiger partial charge in [0.15, 0.2) is 0 Å². The minimum Gasteiger partial charge on any atom is -0.497 e. The Hall–Kier alpha value is -4.18. The number of nitrogens with one attached hydrogen (secondary N) is 1. The molecule has 10 heteroatoms. The molecule has 1 N–H and O–H groups in total. The molecule has 0 bridgehead atoms. The van der Waals surface area contributed by atoms with Crippen LogP contribution in [0.25, 0.3) is 0 Å². The van der Waals surface area contributed by atoms with Crippen LogP contribution in [0.3, 0.4) is 0 Å². The van der Waals surface area contributed by atoms with Crippen molar-refractivity contribution in [3.8, 4) is 5.75 Å². The molecule has 0 aliphatic carbocycles. The number of benzene rings is 2. The molecule has 3 aromatic rings. The maximum atomic E-state index is 13.9. The van der Waals surface area contributed by atoms with Gasteiger partial charge in [-0.15, -0.1) is 0 Å². The van der Waals surface area contributed by atoms with Gasteiger partial charge in [0.2, 0.25) is 5.91 Å². The van der Waals surface area contributed by atoms with Gasteiger partial charge >= 0.3 is 0 Å². The van der Waals surface area contributed by atoms with Gasteiger partial charge in [0, 0.05) is 37.1 Å². The maximum absolute atomic E-state index is 13.9. The maximum Gasteiger partial charge on any atom is 0.257 e. The monoisotopic (exact) mass is 521 g/mol. The molecule has 0 radical (unpaired) electrons. The summed E-state index contributed by atoms with van der Waals surface area (Å²) in [6, 6.07) is 14.9. The zero-order chi connectivity index (χ0) is 26.7. The first-order valence-corrected chi connectivity index (χ1v) is 12.4. The smallest absolute Gasteiger partial charge is 0.257 e. The Balaban J connectivity index is 1.38. The molecule has 5 rings (SSSR count). The Kier molecular flexibility index (Phi) is 7.15. The van der Waals surface area contributed by atoms with Crippen molar-refractivity contribution >= 4 is 17.7 Å². The van der Waals surface area contributed by atoms with Crippen LogP contribution >= 0.6 is 0 Å². The lowest BCUT2D eigenvalue weighted by atomic mass is 9.96. The summed E-state index contributed by atoms with van der Waals surface area (Å²) >= 11 is 0. The number of likely N-dealkylation sites (tertiary alicyclic amines) is 1. The molecule has 2 fully saturated rings. The fraction of sp³-hybridized carbons (Fsp3) is 0.321. The van der Waals surface area contributed by atoms with E-state index in [-0.39, 0.29) is 49.5 Å². The first-order chi connectivity index (χ1) is 18.4. The summed E-state index contributed by atoms with van der Waals surface area (Å²) < 4.78 is 30.5. The van der Waals surface area contributed by atoms with Crippen LogP contribution < -0.4 is 10.1 Å². The molecule has 1 unspecified atom stereocenters. The largest absolute Gasteiger partial charge is 0.497 e. The first-order valence-electron chi connectivity index (χ1n) is 12.4. The number of piperidine rings is 1. The second-order valence-corrected chi connectivity index (χ2v) is 9.28. The molecule has 2 aromatic carbocycles. The number of furan rings is 1. The van der Waals surface area contributed by atoms with Gasteiger partial charge in [-0.2, -0.15) is 0 Å². The molecule has 3 amide bonds. The van der Waals surface area contributed by atoms with Gasteiger partial charge < -0.3 is 24.1 Å². The van der Waals surface area contributed by atoms with Gasteiger partial charge in [0.25, 0.3) is 11.8 Å². The van der Waals surface area contributed by atoms with Crippen LogP contribution in [0.4, 0.5) is 4.39 Å². The number of carbonyl (C=O) groups excluding carboxylic acids is 3. The summed E-state index contributed by atoms with van der Waals surface area (Å²) in [6.45, 7) is 0.736. The summed E-state index contributed by atoms with van der Waals surface area (Å²) in [5, 5.41) is 2.83. The average molecular weight is 522 g/mol. The van der Waals surface area contributed by atoms with Crippen molar-refractivity contribution in [2.24, 2.45) is 0 Å². The summed E-state index contributed by atoms with van der Waals surface area (Å²) in [4.78, 5) is 43.3. The van der Waals surface area contributed by atoms with Gasteiger partial charge in [0.1, 0.15) is 29.1 Å². The van der Waals surface area contributed by atoms with Gasteiger partial charge in [-0.3, -0.25) is 19.3 Å². The number of rotatable bonds is 6. The van der Waals surface area contributed by atoms with E-state index in [1.54, 1.807) is 47.4 Å². The molecule has 9 nitrogen and oxygen atoms in total. The van der Waals surface area contributed by atoms with Gasteiger partial charge in [0.05, 0.1) is 26.5 Å². The van der Waals surface area contributed by atoms with Crippen LogP contribution in [0.1, 0.15) is 39.3 Å². The Bertz CT molecular complexity index is 1320.